The molecule has 2 heteroatoms. The van der Waals surface area contributed by atoms with Crippen LogP contribution in [0.25, 0.3) is 0 Å². The zero-order valence-electron chi connectivity index (χ0n) is 31.4. The molecule has 0 amide bonds. The van der Waals surface area contributed by atoms with Gasteiger partial charge in [0.05, 0.1) is 0 Å². The van der Waals surface area contributed by atoms with E-state index in [4.69, 9.17) is 0 Å². The lowest BCUT2D eigenvalue weighted by molar-refractivity contribution is 0.254. The highest BCUT2D eigenvalue weighted by Gasteiger charge is 2.05. The average molecular weight is 643 g/mol. The fourth-order valence-corrected chi connectivity index (χ4v) is 6.86. The molecule has 0 aliphatic heterocycles. The van der Waals surface area contributed by atoms with Crippen LogP contribution in [0, 0.1) is 0 Å². The predicted molar refractivity (Wildman–Crippen MR) is 207 cm³/mol. The van der Waals surface area contributed by atoms with Crippen LogP contribution in [0.3, 0.4) is 0 Å². The van der Waals surface area contributed by atoms with Crippen molar-refractivity contribution in [1.29, 1.82) is 0 Å². The molecule has 1 nitrogen and oxygen atoms in total. The van der Waals surface area contributed by atoms with E-state index >= 15 is 0 Å². The van der Waals surface area contributed by atoms with Crippen molar-refractivity contribution in [2.75, 3.05) is 19.6 Å². The Morgan fingerprint density at radius 2 is 0.341 bits per heavy atom. The maximum Gasteiger partial charge on any atom is -0.00187 e. The van der Waals surface area contributed by atoms with Gasteiger partial charge < -0.3 is 4.90 Å². The smallest absolute Gasteiger partial charge is 0.00187 e. The number of hydrogen-bond donors (Lipinski definition) is 0. The van der Waals surface area contributed by atoms with Crippen molar-refractivity contribution in [3.63, 3.8) is 0 Å². The summed E-state index contributed by atoms with van der Waals surface area (Å²) >= 11 is 0. The zero-order valence-corrected chi connectivity index (χ0v) is 32.2. The first kappa shape index (κ1) is 46.4. The van der Waals surface area contributed by atoms with Gasteiger partial charge in [0.1, 0.15) is 0 Å². The lowest BCUT2D eigenvalue weighted by Crippen LogP contribution is -2.27. The lowest BCUT2D eigenvalue weighted by atomic mass is 10.0. The molecule has 0 heterocycles. The third-order valence-corrected chi connectivity index (χ3v) is 9.98. The Morgan fingerprint density at radius 1 is 0.205 bits per heavy atom. The second-order valence-electron chi connectivity index (χ2n) is 14.5. The summed E-state index contributed by atoms with van der Waals surface area (Å²) in [5, 5.41) is 0. The van der Waals surface area contributed by atoms with E-state index in [-0.39, 0.29) is 12.4 Å². The van der Waals surface area contributed by atoms with Crippen LogP contribution in [0.5, 0.6) is 0 Å². The summed E-state index contributed by atoms with van der Waals surface area (Å²) in [6.07, 6.45) is 52.6. The highest BCUT2D eigenvalue weighted by atomic mass is 35.5. The quantitative estimate of drug-likeness (QED) is 0.0603. The SMILES string of the molecule is CCCCCCCCCCCCCCN(CCCCCCCCCCCCCC)CCCCCCCCCCCCCC.Cl. The molecule has 0 N–H and O–H groups in total. The third-order valence-electron chi connectivity index (χ3n) is 9.98. The van der Waals surface area contributed by atoms with Gasteiger partial charge in [-0.25, -0.2) is 0 Å². The first-order valence-corrected chi connectivity index (χ1v) is 21.1. The van der Waals surface area contributed by atoms with E-state index in [1.54, 1.807) is 0 Å². The molecule has 44 heavy (non-hydrogen) atoms. The molecular formula is C42H88ClN. The van der Waals surface area contributed by atoms with Crippen molar-refractivity contribution < 1.29 is 0 Å². The zero-order chi connectivity index (χ0) is 31.2. The maximum atomic E-state index is 2.86. The molecule has 268 valence electrons. The van der Waals surface area contributed by atoms with Crippen LogP contribution in [-0.4, -0.2) is 24.5 Å². The number of hydrogen-bond acceptors (Lipinski definition) is 1. The van der Waals surface area contributed by atoms with Gasteiger partial charge in [-0.1, -0.05) is 233 Å². The summed E-state index contributed by atoms with van der Waals surface area (Å²) in [5.74, 6) is 0. The maximum absolute atomic E-state index is 2.86. The van der Waals surface area contributed by atoms with Gasteiger partial charge in [0, 0.05) is 0 Å². The molecule has 0 aromatic heterocycles. The van der Waals surface area contributed by atoms with Crippen LogP contribution in [-0.2, 0) is 0 Å². The summed E-state index contributed by atoms with van der Waals surface area (Å²) in [6, 6.07) is 0. The highest BCUT2D eigenvalue weighted by molar-refractivity contribution is 5.85. The van der Waals surface area contributed by atoms with Crippen molar-refractivity contribution >= 4 is 12.4 Å². The van der Waals surface area contributed by atoms with E-state index in [0.29, 0.717) is 0 Å². The van der Waals surface area contributed by atoms with Crippen LogP contribution in [0.1, 0.15) is 252 Å². The van der Waals surface area contributed by atoms with E-state index < -0.39 is 0 Å². The van der Waals surface area contributed by atoms with Gasteiger partial charge in [-0.15, -0.1) is 12.4 Å². The number of rotatable bonds is 39. The number of nitrogens with zero attached hydrogens (tertiary/aromatic N) is 1. The normalized spacial score (nSPS) is 11.5. The van der Waals surface area contributed by atoms with E-state index in [1.165, 1.54) is 251 Å². The van der Waals surface area contributed by atoms with Gasteiger partial charge in [0.25, 0.3) is 0 Å². The van der Waals surface area contributed by atoms with Crippen molar-refractivity contribution in [1.82, 2.24) is 4.90 Å². The number of halogens is 1. The van der Waals surface area contributed by atoms with Crippen molar-refractivity contribution in [2.24, 2.45) is 0 Å². The summed E-state index contributed by atoms with van der Waals surface area (Å²) < 4.78 is 0. The minimum Gasteiger partial charge on any atom is -0.303 e. The fraction of sp³-hybridized carbons (Fsp3) is 1.00. The Bertz CT molecular complexity index is 400. The van der Waals surface area contributed by atoms with Crippen molar-refractivity contribution in [2.45, 2.75) is 252 Å². The van der Waals surface area contributed by atoms with Gasteiger partial charge in [0.2, 0.25) is 0 Å². The molecule has 0 atom stereocenters. The predicted octanol–water partition coefficient (Wildman–Crippen LogP) is 15.8. The van der Waals surface area contributed by atoms with Gasteiger partial charge in [-0.05, 0) is 38.9 Å². The molecule has 0 spiro atoms. The van der Waals surface area contributed by atoms with E-state index in [9.17, 15) is 0 Å². The van der Waals surface area contributed by atoms with Crippen LogP contribution >= 0.6 is 12.4 Å². The molecule has 0 aliphatic rings. The lowest BCUT2D eigenvalue weighted by Gasteiger charge is -2.22. The largest absolute Gasteiger partial charge is 0.303 e. The van der Waals surface area contributed by atoms with Crippen LogP contribution in [0.2, 0.25) is 0 Å². The molecule has 0 aromatic rings. The molecule has 0 fully saturated rings. The van der Waals surface area contributed by atoms with Gasteiger partial charge in [0.15, 0.2) is 0 Å². The summed E-state index contributed by atoms with van der Waals surface area (Å²) in [4.78, 5) is 2.86. The van der Waals surface area contributed by atoms with Crippen molar-refractivity contribution in [3.05, 3.63) is 0 Å². The molecule has 0 unspecified atom stereocenters. The first-order valence-electron chi connectivity index (χ1n) is 21.1. The Hall–Kier alpha value is 0.250. The molecule has 0 bridgehead atoms. The minimum absolute atomic E-state index is 0. The molecule has 0 saturated heterocycles. The Labute approximate surface area is 288 Å². The van der Waals surface area contributed by atoms with Gasteiger partial charge in [-0.2, -0.15) is 0 Å². The first-order chi connectivity index (χ1) is 21.3. The summed E-state index contributed by atoms with van der Waals surface area (Å²) in [5.41, 5.74) is 0. The molecule has 0 radical (unpaired) electrons. The van der Waals surface area contributed by atoms with Gasteiger partial charge >= 0.3 is 0 Å². The fourth-order valence-electron chi connectivity index (χ4n) is 6.86. The molecule has 0 aliphatic carbocycles. The Kier molecular flexibility index (Phi) is 45.6. The monoisotopic (exact) mass is 642 g/mol. The topological polar surface area (TPSA) is 3.24 Å². The van der Waals surface area contributed by atoms with E-state index in [0.717, 1.165) is 0 Å². The summed E-state index contributed by atoms with van der Waals surface area (Å²) in [6.45, 7) is 11.1. The van der Waals surface area contributed by atoms with E-state index in [1.807, 2.05) is 0 Å². The standard InChI is InChI=1S/C42H87N.ClH/c1-4-7-10-13-16-19-22-25-28-31-34-37-40-43(41-38-35-32-29-26-23-20-17-14-11-8-5-2)42-39-36-33-30-27-24-21-18-15-12-9-6-3;/h4-42H2,1-3H3;1H. The van der Waals surface area contributed by atoms with E-state index in [2.05, 4.69) is 25.7 Å². The molecular weight excluding hydrogens is 554 g/mol. The second-order valence-corrected chi connectivity index (χ2v) is 14.5. The van der Waals surface area contributed by atoms with Crippen LogP contribution in [0.4, 0.5) is 0 Å². The third kappa shape index (κ3) is 40.3. The van der Waals surface area contributed by atoms with Crippen LogP contribution < -0.4 is 0 Å². The average Bonchev–Trinajstić information content (AvgIpc) is 3.02. The Morgan fingerprint density at radius 3 is 0.500 bits per heavy atom. The highest BCUT2D eigenvalue weighted by Crippen LogP contribution is 2.16. The molecule has 0 aromatic carbocycles. The van der Waals surface area contributed by atoms with Crippen LogP contribution in [0.15, 0.2) is 0 Å². The number of unbranched alkanes of at least 4 members (excludes halogenated alkanes) is 33. The minimum atomic E-state index is 0. The van der Waals surface area contributed by atoms with Crippen molar-refractivity contribution in [3.8, 4) is 0 Å². The summed E-state index contributed by atoms with van der Waals surface area (Å²) in [7, 11) is 0. The second kappa shape index (κ2) is 43.2. The van der Waals surface area contributed by atoms with Gasteiger partial charge in [-0.3, -0.25) is 0 Å². The molecule has 0 saturated carbocycles. The molecule has 0 rings (SSSR count). The Balaban J connectivity index is 0.